The first-order valence-electron chi connectivity index (χ1n) is 13.3. The van der Waals surface area contributed by atoms with Gasteiger partial charge in [-0.15, -0.1) is 0 Å². The van der Waals surface area contributed by atoms with E-state index in [9.17, 15) is 5.11 Å². The second-order valence-corrected chi connectivity index (χ2v) is 11.4. The van der Waals surface area contributed by atoms with Gasteiger partial charge in [-0.25, -0.2) is 9.97 Å². The number of β-amino-alcohol motifs (C(OH)–C–C–N with tert-alkyl or cyclic N) is 1. The van der Waals surface area contributed by atoms with Crippen molar-refractivity contribution >= 4 is 28.5 Å². The van der Waals surface area contributed by atoms with Crippen molar-refractivity contribution in [3.8, 4) is 0 Å². The van der Waals surface area contributed by atoms with E-state index < -0.39 is 0 Å². The number of allylic oxidation sites excluding steroid dienone is 5. The Morgan fingerprint density at radius 3 is 2.81 bits per heavy atom. The van der Waals surface area contributed by atoms with Crippen LogP contribution in [0, 0.1) is 17.8 Å². The predicted molar refractivity (Wildman–Crippen MR) is 143 cm³/mol. The number of aliphatic hydroxyl groups excluding tert-OH is 1. The van der Waals surface area contributed by atoms with Crippen molar-refractivity contribution in [2.24, 2.45) is 17.8 Å². The number of nitrogens with one attached hydrogen (secondary N) is 2. The van der Waals surface area contributed by atoms with Gasteiger partial charge in [0.25, 0.3) is 0 Å². The zero-order valence-corrected chi connectivity index (χ0v) is 21.8. The largest absolute Gasteiger partial charge is 0.500 e. The van der Waals surface area contributed by atoms with Crippen LogP contribution >= 0.6 is 11.6 Å². The topological polar surface area (TPSA) is 86.3 Å². The number of hydrogen-bond acceptors (Lipinski definition) is 6. The molecule has 0 amide bonds. The van der Waals surface area contributed by atoms with E-state index in [-0.39, 0.29) is 12.0 Å². The Kier molecular flexibility index (Phi) is 6.56. The van der Waals surface area contributed by atoms with E-state index in [1.165, 1.54) is 12.0 Å². The van der Waals surface area contributed by atoms with Gasteiger partial charge < -0.3 is 25.0 Å². The van der Waals surface area contributed by atoms with Crippen LogP contribution in [0.2, 0.25) is 5.02 Å². The van der Waals surface area contributed by atoms with E-state index in [1.807, 2.05) is 6.92 Å². The number of ether oxygens (including phenoxy) is 1. The molecular formula is C28H36ClN5O2. The molecule has 1 saturated heterocycles. The zero-order chi connectivity index (χ0) is 24.8. The van der Waals surface area contributed by atoms with Gasteiger partial charge in [0.1, 0.15) is 17.1 Å². The molecule has 3 heterocycles. The molecule has 2 fully saturated rings. The summed E-state index contributed by atoms with van der Waals surface area (Å²) in [5, 5.41) is 14.0. The predicted octanol–water partition coefficient (Wildman–Crippen LogP) is 5.02. The number of halogens is 1. The Hall–Kier alpha value is -2.35. The van der Waals surface area contributed by atoms with E-state index in [2.05, 4.69) is 44.5 Å². The number of imidazole rings is 1. The first-order valence-corrected chi connectivity index (χ1v) is 13.7. The van der Waals surface area contributed by atoms with Gasteiger partial charge in [0.05, 0.1) is 36.0 Å². The number of hydrogen-bond donors (Lipinski definition) is 3. The molecule has 0 aromatic carbocycles. The van der Waals surface area contributed by atoms with Gasteiger partial charge in [0, 0.05) is 12.6 Å². The lowest BCUT2D eigenvalue weighted by atomic mass is 9.83. The average Bonchev–Trinajstić information content (AvgIpc) is 3.61. The number of nitrogens with zero attached hydrogens (tertiary/aromatic N) is 3. The minimum absolute atomic E-state index is 0.0281. The summed E-state index contributed by atoms with van der Waals surface area (Å²) in [6, 6.07) is 0.400. The van der Waals surface area contributed by atoms with Gasteiger partial charge in [0.15, 0.2) is 5.65 Å². The molecule has 8 heteroatoms. The van der Waals surface area contributed by atoms with Crippen molar-refractivity contribution in [2.45, 2.75) is 57.1 Å². The summed E-state index contributed by atoms with van der Waals surface area (Å²) >= 11 is 6.62. The van der Waals surface area contributed by atoms with Gasteiger partial charge in [-0.1, -0.05) is 29.8 Å². The molecule has 1 aliphatic heterocycles. The summed E-state index contributed by atoms with van der Waals surface area (Å²) in [5.41, 5.74) is 3.83. The molecule has 3 N–H and O–H groups in total. The average molecular weight is 510 g/mol. The maximum absolute atomic E-state index is 9.70. The quantitative estimate of drug-likeness (QED) is 0.454. The Morgan fingerprint density at radius 2 is 2.11 bits per heavy atom. The SMILES string of the molecule is COC1=CC(C2CCN(CC(C)O)CC2)=CCC1c1nc2ncc(Cl)c(NC3CC4C=CC3C4)c2[nH]1. The fourth-order valence-corrected chi connectivity index (χ4v) is 6.84. The van der Waals surface area contributed by atoms with Crippen molar-refractivity contribution in [2.75, 3.05) is 32.1 Å². The molecule has 5 unspecified atom stereocenters. The number of H-pyrrole nitrogens is 1. The van der Waals surface area contributed by atoms with Crippen LogP contribution in [-0.2, 0) is 4.74 Å². The van der Waals surface area contributed by atoms with Gasteiger partial charge >= 0.3 is 0 Å². The van der Waals surface area contributed by atoms with E-state index in [0.717, 1.165) is 68.1 Å². The van der Waals surface area contributed by atoms with Crippen LogP contribution in [0.3, 0.4) is 0 Å². The number of aromatic amines is 1. The summed E-state index contributed by atoms with van der Waals surface area (Å²) in [5.74, 6) is 3.62. The van der Waals surface area contributed by atoms with Crippen molar-refractivity contribution < 1.29 is 9.84 Å². The van der Waals surface area contributed by atoms with Crippen molar-refractivity contribution in [3.05, 3.63) is 52.7 Å². The van der Waals surface area contributed by atoms with Crippen LogP contribution in [0.25, 0.3) is 11.2 Å². The molecule has 4 aliphatic rings. The molecule has 36 heavy (non-hydrogen) atoms. The van der Waals surface area contributed by atoms with E-state index >= 15 is 0 Å². The minimum Gasteiger partial charge on any atom is -0.500 e. The van der Waals surface area contributed by atoms with Crippen LogP contribution in [0.5, 0.6) is 0 Å². The van der Waals surface area contributed by atoms with Crippen LogP contribution in [0.15, 0.2) is 41.8 Å². The Balaban J connectivity index is 1.20. The van der Waals surface area contributed by atoms with E-state index in [0.29, 0.717) is 34.5 Å². The molecule has 6 rings (SSSR count). The lowest BCUT2D eigenvalue weighted by Crippen LogP contribution is -2.38. The number of aliphatic hydroxyl groups is 1. The number of methoxy groups -OCH3 is 1. The molecule has 0 radical (unpaired) electrons. The van der Waals surface area contributed by atoms with Gasteiger partial charge in [-0.05, 0) is 81.5 Å². The lowest BCUT2D eigenvalue weighted by Gasteiger charge is -2.34. The highest BCUT2D eigenvalue weighted by Crippen LogP contribution is 2.43. The zero-order valence-electron chi connectivity index (χ0n) is 21.1. The summed E-state index contributed by atoms with van der Waals surface area (Å²) in [7, 11) is 1.75. The van der Waals surface area contributed by atoms with Crippen LogP contribution in [0.1, 0.15) is 50.8 Å². The molecule has 5 atom stereocenters. The van der Waals surface area contributed by atoms with Crippen molar-refractivity contribution in [1.82, 2.24) is 19.9 Å². The van der Waals surface area contributed by atoms with Crippen LogP contribution in [-0.4, -0.2) is 63.8 Å². The third kappa shape index (κ3) is 4.57. The fourth-order valence-electron chi connectivity index (χ4n) is 6.64. The van der Waals surface area contributed by atoms with Gasteiger partial charge in [-0.2, -0.15) is 0 Å². The molecule has 7 nitrogen and oxygen atoms in total. The fraction of sp³-hybridized carbons (Fsp3) is 0.571. The Morgan fingerprint density at radius 1 is 1.28 bits per heavy atom. The third-order valence-electron chi connectivity index (χ3n) is 8.49. The van der Waals surface area contributed by atoms with Crippen molar-refractivity contribution in [3.63, 3.8) is 0 Å². The number of fused-ring (bicyclic) bond motifs is 3. The molecule has 1 saturated carbocycles. The maximum atomic E-state index is 9.70. The smallest absolute Gasteiger partial charge is 0.179 e. The molecule has 192 valence electrons. The van der Waals surface area contributed by atoms with Gasteiger partial charge in [0.2, 0.25) is 0 Å². The lowest BCUT2D eigenvalue weighted by molar-refractivity contribution is 0.105. The molecule has 2 aromatic heterocycles. The molecular weight excluding hydrogens is 474 g/mol. The number of likely N-dealkylation sites (tertiary alicyclic amines) is 1. The van der Waals surface area contributed by atoms with E-state index in [4.69, 9.17) is 21.3 Å². The Labute approximate surface area is 217 Å². The summed E-state index contributed by atoms with van der Waals surface area (Å²) in [4.78, 5) is 15.3. The number of piperidine rings is 1. The van der Waals surface area contributed by atoms with Crippen LogP contribution < -0.4 is 5.32 Å². The normalized spacial score (nSPS) is 29.4. The first kappa shape index (κ1) is 24.0. The second-order valence-electron chi connectivity index (χ2n) is 11.0. The number of aromatic nitrogens is 3. The summed E-state index contributed by atoms with van der Waals surface area (Å²) in [6.45, 7) is 4.67. The first-order chi connectivity index (χ1) is 17.5. The second kappa shape index (κ2) is 9.84. The Bertz CT molecular complexity index is 1210. The molecule has 3 aliphatic carbocycles. The highest BCUT2D eigenvalue weighted by Gasteiger charge is 2.36. The standard InChI is InChI=1S/C28H36ClN5O2/c1-16(35)15-34-9-7-18(8-10-34)19-5-6-21(24(13-19)36-2)27-32-26-25(22(29)14-30-28(26)33-27)31-23-12-17-3-4-20(23)11-17/h3-5,13-14,16-18,20-21,23,35H,6-12,15H2,1-2H3,(H2,30,31,32,33). The monoisotopic (exact) mass is 509 g/mol. The number of rotatable bonds is 7. The third-order valence-corrected chi connectivity index (χ3v) is 8.78. The van der Waals surface area contributed by atoms with Crippen molar-refractivity contribution in [1.29, 1.82) is 0 Å². The van der Waals surface area contributed by atoms with Gasteiger partial charge in [-0.3, -0.25) is 0 Å². The number of anilines is 1. The maximum Gasteiger partial charge on any atom is 0.179 e. The number of pyridine rings is 1. The highest BCUT2D eigenvalue weighted by atomic mass is 35.5. The van der Waals surface area contributed by atoms with Crippen LogP contribution in [0.4, 0.5) is 5.69 Å². The summed E-state index contributed by atoms with van der Waals surface area (Å²) in [6.07, 6.45) is 16.1. The molecule has 2 aromatic rings. The van der Waals surface area contributed by atoms with E-state index in [1.54, 1.807) is 13.3 Å². The minimum atomic E-state index is -0.273. The highest BCUT2D eigenvalue weighted by molar-refractivity contribution is 6.34. The molecule has 2 bridgehead atoms. The summed E-state index contributed by atoms with van der Waals surface area (Å²) < 4.78 is 5.89. The molecule has 0 spiro atoms.